The van der Waals surface area contributed by atoms with Crippen molar-refractivity contribution in [2.24, 2.45) is 0 Å². The molecule has 0 aromatic carbocycles. The molecule has 23 heavy (non-hydrogen) atoms. The van der Waals surface area contributed by atoms with Crippen molar-refractivity contribution in [3.8, 4) is 0 Å². The number of hydrogen-bond acceptors (Lipinski definition) is 2. The second-order valence-corrected chi connectivity index (χ2v) is 6.25. The van der Waals surface area contributed by atoms with E-state index in [0.717, 1.165) is 37.8 Å². The third-order valence-electron chi connectivity index (χ3n) is 4.46. The summed E-state index contributed by atoms with van der Waals surface area (Å²) in [5.74, 6) is -0.0951. The average molecular weight is 321 g/mol. The van der Waals surface area contributed by atoms with Crippen molar-refractivity contribution in [3.05, 3.63) is 24.0 Å². The van der Waals surface area contributed by atoms with Crippen LogP contribution in [0.1, 0.15) is 63.0 Å². The van der Waals surface area contributed by atoms with Crippen molar-refractivity contribution in [3.63, 3.8) is 0 Å². The second-order valence-electron chi connectivity index (χ2n) is 6.25. The van der Waals surface area contributed by atoms with E-state index in [1.54, 1.807) is 0 Å². The molecule has 1 fully saturated rings. The number of amides is 2. The van der Waals surface area contributed by atoms with Crippen molar-refractivity contribution in [1.29, 1.82) is 0 Å². The fourth-order valence-corrected chi connectivity index (χ4v) is 3.21. The van der Waals surface area contributed by atoms with Crippen molar-refractivity contribution in [2.75, 3.05) is 6.54 Å². The van der Waals surface area contributed by atoms with Gasteiger partial charge in [0, 0.05) is 24.5 Å². The molecule has 128 valence electrons. The van der Waals surface area contributed by atoms with E-state index in [4.69, 9.17) is 5.11 Å². The van der Waals surface area contributed by atoms with Gasteiger partial charge in [-0.3, -0.25) is 4.79 Å². The van der Waals surface area contributed by atoms with Crippen LogP contribution in [-0.2, 0) is 4.79 Å². The first-order valence-electron chi connectivity index (χ1n) is 8.57. The first kappa shape index (κ1) is 17.4. The molecule has 1 unspecified atom stereocenters. The van der Waals surface area contributed by atoms with E-state index in [1.165, 1.54) is 19.3 Å². The zero-order chi connectivity index (χ0) is 16.5. The lowest BCUT2D eigenvalue weighted by atomic mass is 9.93. The number of rotatable bonds is 8. The molecule has 1 heterocycles. The zero-order valence-corrected chi connectivity index (χ0v) is 13.5. The number of unbranched alkanes of at least 4 members (excludes halogenated alkanes) is 1. The minimum atomic E-state index is -0.999. The number of carboxylic acid groups (broad SMARTS) is 1. The van der Waals surface area contributed by atoms with Gasteiger partial charge in [-0.15, -0.1) is 0 Å². The van der Waals surface area contributed by atoms with Gasteiger partial charge in [0.25, 0.3) is 0 Å². The largest absolute Gasteiger partial charge is 0.465 e. The summed E-state index contributed by atoms with van der Waals surface area (Å²) >= 11 is 0. The minimum Gasteiger partial charge on any atom is -0.465 e. The summed E-state index contributed by atoms with van der Waals surface area (Å²) in [4.78, 5) is 26.2. The van der Waals surface area contributed by atoms with E-state index >= 15 is 0 Å². The van der Waals surface area contributed by atoms with Gasteiger partial charge in [0.15, 0.2) is 0 Å². The molecule has 0 spiro atoms. The first-order chi connectivity index (χ1) is 11.2. The summed E-state index contributed by atoms with van der Waals surface area (Å²) < 4.78 is 0. The van der Waals surface area contributed by atoms with Crippen LogP contribution in [0.25, 0.3) is 0 Å². The lowest BCUT2D eigenvalue weighted by molar-refractivity contribution is -0.123. The minimum absolute atomic E-state index is 0.0885. The number of aromatic nitrogens is 1. The summed E-state index contributed by atoms with van der Waals surface area (Å²) in [7, 11) is 0. The molecule has 0 bridgehead atoms. The maximum Gasteiger partial charge on any atom is 0.404 e. The Morgan fingerprint density at radius 3 is 2.70 bits per heavy atom. The molecule has 1 aromatic heterocycles. The molecule has 1 aromatic rings. The topological polar surface area (TPSA) is 94.2 Å². The average Bonchev–Trinajstić information content (AvgIpc) is 3.05. The van der Waals surface area contributed by atoms with Gasteiger partial charge in [0.05, 0.1) is 5.92 Å². The quantitative estimate of drug-likeness (QED) is 0.554. The summed E-state index contributed by atoms with van der Waals surface area (Å²) in [6, 6.07) is 4.16. The van der Waals surface area contributed by atoms with Gasteiger partial charge in [0.1, 0.15) is 0 Å². The SMILES string of the molecule is O=C(O)NCCCCC(C(=O)NC1CCCCC1)c1ccc[nH]1. The third-order valence-corrected chi connectivity index (χ3v) is 4.46. The van der Waals surface area contributed by atoms with Crippen LogP contribution in [0.4, 0.5) is 4.79 Å². The Morgan fingerprint density at radius 1 is 1.26 bits per heavy atom. The van der Waals surface area contributed by atoms with Gasteiger partial charge in [-0.2, -0.15) is 0 Å². The number of carbonyl (C=O) groups excluding carboxylic acids is 1. The molecule has 0 saturated heterocycles. The molecule has 2 rings (SSSR count). The predicted octanol–water partition coefficient (Wildman–Crippen LogP) is 2.99. The molecule has 2 amide bonds. The van der Waals surface area contributed by atoms with Crippen LogP contribution < -0.4 is 10.6 Å². The van der Waals surface area contributed by atoms with E-state index in [1.807, 2.05) is 18.3 Å². The highest BCUT2D eigenvalue weighted by Crippen LogP contribution is 2.23. The van der Waals surface area contributed by atoms with Crippen molar-refractivity contribution >= 4 is 12.0 Å². The summed E-state index contributed by atoms with van der Waals surface area (Å²) in [5, 5.41) is 14.1. The highest BCUT2D eigenvalue weighted by Gasteiger charge is 2.24. The Hall–Kier alpha value is -1.98. The van der Waals surface area contributed by atoms with E-state index in [0.29, 0.717) is 12.6 Å². The molecule has 1 aliphatic carbocycles. The van der Waals surface area contributed by atoms with Gasteiger partial charge in [-0.25, -0.2) is 4.79 Å². The highest BCUT2D eigenvalue weighted by molar-refractivity contribution is 5.83. The fraction of sp³-hybridized carbons (Fsp3) is 0.647. The van der Waals surface area contributed by atoms with Gasteiger partial charge < -0.3 is 20.7 Å². The first-order valence-corrected chi connectivity index (χ1v) is 8.57. The Labute approximate surface area is 137 Å². The molecule has 1 saturated carbocycles. The maximum atomic E-state index is 12.6. The van der Waals surface area contributed by atoms with E-state index in [-0.39, 0.29) is 11.8 Å². The summed E-state index contributed by atoms with van der Waals surface area (Å²) in [6.45, 7) is 0.428. The van der Waals surface area contributed by atoms with E-state index in [9.17, 15) is 9.59 Å². The smallest absolute Gasteiger partial charge is 0.404 e. The Morgan fingerprint density at radius 2 is 2.04 bits per heavy atom. The van der Waals surface area contributed by atoms with Gasteiger partial charge in [-0.1, -0.05) is 25.7 Å². The maximum absolute atomic E-state index is 12.6. The van der Waals surface area contributed by atoms with E-state index < -0.39 is 6.09 Å². The molecular weight excluding hydrogens is 294 g/mol. The van der Waals surface area contributed by atoms with Gasteiger partial charge in [-0.05, 0) is 37.8 Å². The van der Waals surface area contributed by atoms with Crippen molar-refractivity contribution < 1.29 is 14.7 Å². The fourth-order valence-electron chi connectivity index (χ4n) is 3.21. The zero-order valence-electron chi connectivity index (χ0n) is 13.5. The highest BCUT2D eigenvalue weighted by atomic mass is 16.4. The Bertz CT molecular complexity index is 481. The van der Waals surface area contributed by atoms with Crippen LogP contribution >= 0.6 is 0 Å². The normalized spacial score (nSPS) is 16.7. The Kier molecular flexibility index (Phi) is 6.97. The van der Waals surface area contributed by atoms with Crippen LogP contribution in [0.2, 0.25) is 0 Å². The lowest BCUT2D eigenvalue weighted by Crippen LogP contribution is -2.39. The molecule has 1 aliphatic rings. The van der Waals surface area contributed by atoms with Crippen molar-refractivity contribution in [1.82, 2.24) is 15.6 Å². The number of H-pyrrole nitrogens is 1. The van der Waals surface area contributed by atoms with Crippen LogP contribution in [0.5, 0.6) is 0 Å². The number of nitrogens with one attached hydrogen (secondary N) is 3. The standard InChI is InChI=1S/C17H27N3O3/c21-16(20-13-7-2-1-3-8-13)14(15-10-6-12-18-15)9-4-5-11-19-17(22)23/h6,10,12-14,18-19H,1-5,7-9,11H2,(H,20,21)(H,22,23). The second kappa shape index (κ2) is 9.22. The lowest BCUT2D eigenvalue weighted by Gasteiger charge is -2.25. The Balaban J connectivity index is 1.84. The summed E-state index contributed by atoms with van der Waals surface area (Å²) in [5.41, 5.74) is 0.935. The van der Waals surface area contributed by atoms with Crippen LogP contribution in [0.3, 0.4) is 0 Å². The molecule has 0 aliphatic heterocycles. The van der Waals surface area contributed by atoms with Crippen LogP contribution in [0, 0.1) is 0 Å². The molecule has 1 atom stereocenters. The van der Waals surface area contributed by atoms with E-state index in [2.05, 4.69) is 15.6 Å². The van der Waals surface area contributed by atoms with Crippen LogP contribution in [0.15, 0.2) is 18.3 Å². The van der Waals surface area contributed by atoms with Crippen LogP contribution in [-0.4, -0.2) is 34.7 Å². The molecule has 6 heteroatoms. The molecule has 4 N–H and O–H groups in total. The third kappa shape index (κ3) is 5.96. The number of carbonyl (C=O) groups is 2. The van der Waals surface area contributed by atoms with Crippen molar-refractivity contribution in [2.45, 2.75) is 63.3 Å². The molecule has 6 nitrogen and oxygen atoms in total. The van der Waals surface area contributed by atoms with Gasteiger partial charge in [0.2, 0.25) is 5.91 Å². The molecular formula is C17H27N3O3. The number of hydrogen-bond donors (Lipinski definition) is 4. The van der Waals surface area contributed by atoms with Gasteiger partial charge >= 0.3 is 6.09 Å². The monoisotopic (exact) mass is 321 g/mol. The molecule has 0 radical (unpaired) electrons. The predicted molar refractivity (Wildman–Crippen MR) is 88.4 cm³/mol. The summed E-state index contributed by atoms with van der Waals surface area (Å²) in [6.07, 6.45) is 8.91. The number of aromatic amines is 1.